The molecule has 0 saturated carbocycles. The zero-order valence-corrected chi connectivity index (χ0v) is 8.13. The van der Waals surface area contributed by atoms with Gasteiger partial charge in [-0.15, -0.1) is 0 Å². The lowest BCUT2D eigenvalue weighted by Crippen LogP contribution is -2.52. The summed E-state index contributed by atoms with van der Waals surface area (Å²) in [6.45, 7) is 4.05. The van der Waals surface area contributed by atoms with E-state index < -0.39 is 6.17 Å². The molecule has 0 aromatic carbocycles. The normalized spacial score (nSPS) is 44.6. The summed E-state index contributed by atoms with van der Waals surface area (Å²) in [6.07, 6.45) is 2.86. The molecule has 0 amide bonds. The zero-order chi connectivity index (χ0) is 9.64. The molecule has 74 valence electrons. The highest BCUT2D eigenvalue weighted by Gasteiger charge is 2.43. The van der Waals surface area contributed by atoms with Crippen molar-refractivity contribution < 1.29 is 9.60 Å². The van der Waals surface area contributed by atoms with Gasteiger partial charge < -0.3 is 0 Å². The second-order valence-electron chi connectivity index (χ2n) is 4.65. The fraction of sp³-hybridized carbons (Fsp3) is 0.800. The number of hydrogen-bond acceptors (Lipinski definition) is 2. The van der Waals surface area contributed by atoms with E-state index in [-0.39, 0.29) is 5.54 Å². The predicted molar refractivity (Wildman–Crippen MR) is 48.0 cm³/mol. The Morgan fingerprint density at radius 3 is 2.92 bits per heavy atom. The molecule has 3 heteroatoms. The first kappa shape index (κ1) is 9.00. The molecule has 13 heavy (non-hydrogen) atoms. The Bertz CT molecular complexity index is 253. The summed E-state index contributed by atoms with van der Waals surface area (Å²) in [5.41, 5.74) is 0.390. The molecule has 0 radical (unpaired) electrons. The van der Waals surface area contributed by atoms with Gasteiger partial charge in [-0.05, 0) is 19.3 Å². The largest absolute Gasteiger partial charge is 0.288 e. The minimum absolute atomic E-state index is 0.371. The highest BCUT2D eigenvalue weighted by Crippen LogP contribution is 2.42. The molecule has 0 aromatic heterocycles. The van der Waals surface area contributed by atoms with E-state index in [0.717, 1.165) is 12.1 Å². The average molecular weight is 185 g/mol. The standard InChI is InChI=1S/C10H16FNO/c1-7-3-9-4-8(11)6-10(2,5-7)12(9)13/h3,7-8,13H,4-6H2,1-2H3. The van der Waals surface area contributed by atoms with Crippen LogP contribution in [0.5, 0.6) is 0 Å². The van der Waals surface area contributed by atoms with Crippen LogP contribution in [0, 0.1) is 5.92 Å². The van der Waals surface area contributed by atoms with E-state index in [1.165, 1.54) is 5.06 Å². The lowest BCUT2D eigenvalue weighted by molar-refractivity contribution is -0.176. The van der Waals surface area contributed by atoms with Crippen molar-refractivity contribution in [2.24, 2.45) is 5.92 Å². The van der Waals surface area contributed by atoms with Gasteiger partial charge in [-0.1, -0.05) is 13.0 Å². The first-order chi connectivity index (χ1) is 6.01. The molecule has 1 saturated heterocycles. The summed E-state index contributed by atoms with van der Waals surface area (Å²) in [5.74, 6) is 0.455. The van der Waals surface area contributed by atoms with Gasteiger partial charge in [0, 0.05) is 18.5 Å². The quantitative estimate of drug-likeness (QED) is 0.626. The smallest absolute Gasteiger partial charge is 0.108 e. The summed E-state index contributed by atoms with van der Waals surface area (Å²) in [6, 6.07) is 0. The van der Waals surface area contributed by atoms with Crippen LogP contribution in [-0.4, -0.2) is 22.0 Å². The molecule has 0 spiro atoms. The molecule has 0 aromatic rings. The summed E-state index contributed by atoms with van der Waals surface area (Å²) >= 11 is 0. The number of hydrogen-bond donors (Lipinski definition) is 1. The van der Waals surface area contributed by atoms with E-state index in [4.69, 9.17) is 0 Å². The maximum Gasteiger partial charge on any atom is 0.108 e. The third-order valence-electron chi connectivity index (χ3n) is 3.11. The summed E-state index contributed by atoms with van der Waals surface area (Å²) in [4.78, 5) is 0. The van der Waals surface area contributed by atoms with Crippen molar-refractivity contribution in [2.75, 3.05) is 0 Å². The van der Waals surface area contributed by atoms with E-state index in [9.17, 15) is 9.60 Å². The molecule has 3 atom stereocenters. The van der Waals surface area contributed by atoms with Crippen molar-refractivity contribution in [1.29, 1.82) is 0 Å². The van der Waals surface area contributed by atoms with Crippen LogP contribution in [0.15, 0.2) is 11.8 Å². The summed E-state index contributed by atoms with van der Waals surface area (Å²) in [5, 5.41) is 11.1. The molecule has 2 bridgehead atoms. The van der Waals surface area contributed by atoms with Crippen LogP contribution >= 0.6 is 0 Å². The maximum atomic E-state index is 13.3. The number of fused-ring (bicyclic) bond motifs is 2. The highest BCUT2D eigenvalue weighted by atomic mass is 19.1. The van der Waals surface area contributed by atoms with Gasteiger partial charge in [0.05, 0.1) is 5.54 Å². The van der Waals surface area contributed by atoms with Crippen molar-refractivity contribution in [3.63, 3.8) is 0 Å². The number of halogens is 1. The molecule has 0 aliphatic carbocycles. The Morgan fingerprint density at radius 2 is 2.31 bits per heavy atom. The Kier molecular flexibility index (Phi) is 1.88. The molecule has 2 rings (SSSR count). The Hall–Kier alpha value is -0.570. The molecular weight excluding hydrogens is 169 g/mol. The first-order valence-corrected chi connectivity index (χ1v) is 4.85. The van der Waals surface area contributed by atoms with Crippen LogP contribution in [0.3, 0.4) is 0 Å². The van der Waals surface area contributed by atoms with Gasteiger partial charge in [-0.3, -0.25) is 10.3 Å². The van der Waals surface area contributed by atoms with Gasteiger partial charge in [0.25, 0.3) is 0 Å². The van der Waals surface area contributed by atoms with Crippen LogP contribution in [0.25, 0.3) is 0 Å². The van der Waals surface area contributed by atoms with Crippen LogP contribution in [0.4, 0.5) is 4.39 Å². The second-order valence-corrected chi connectivity index (χ2v) is 4.65. The summed E-state index contributed by atoms with van der Waals surface area (Å²) in [7, 11) is 0. The number of hydroxylamine groups is 2. The molecule has 2 heterocycles. The fourth-order valence-corrected chi connectivity index (χ4v) is 2.69. The van der Waals surface area contributed by atoms with Gasteiger partial charge in [-0.25, -0.2) is 4.39 Å². The Morgan fingerprint density at radius 1 is 1.62 bits per heavy atom. The van der Waals surface area contributed by atoms with Crippen molar-refractivity contribution in [1.82, 2.24) is 5.06 Å². The number of nitrogens with zero attached hydrogens (tertiary/aromatic N) is 1. The lowest BCUT2D eigenvalue weighted by Gasteiger charge is -2.48. The van der Waals surface area contributed by atoms with Crippen molar-refractivity contribution in [3.05, 3.63) is 11.8 Å². The molecular formula is C10H16FNO. The first-order valence-electron chi connectivity index (χ1n) is 4.85. The zero-order valence-electron chi connectivity index (χ0n) is 8.13. The third kappa shape index (κ3) is 1.35. The number of piperidine rings is 1. The van der Waals surface area contributed by atoms with Gasteiger partial charge in [-0.2, -0.15) is 0 Å². The monoisotopic (exact) mass is 185 g/mol. The highest BCUT2D eigenvalue weighted by molar-refractivity contribution is 5.16. The average Bonchev–Trinajstić information content (AvgIpc) is 1.95. The maximum absolute atomic E-state index is 13.3. The van der Waals surface area contributed by atoms with E-state index in [0.29, 0.717) is 18.8 Å². The van der Waals surface area contributed by atoms with E-state index >= 15 is 0 Å². The van der Waals surface area contributed by atoms with Gasteiger partial charge in [0.15, 0.2) is 0 Å². The minimum atomic E-state index is -0.785. The molecule has 1 fully saturated rings. The molecule has 1 N–H and O–H groups in total. The fourth-order valence-electron chi connectivity index (χ4n) is 2.69. The second kappa shape index (κ2) is 2.71. The van der Waals surface area contributed by atoms with E-state index in [1.807, 2.05) is 13.0 Å². The topological polar surface area (TPSA) is 23.5 Å². The van der Waals surface area contributed by atoms with E-state index in [2.05, 4.69) is 6.92 Å². The third-order valence-corrected chi connectivity index (χ3v) is 3.11. The van der Waals surface area contributed by atoms with Crippen molar-refractivity contribution >= 4 is 0 Å². The van der Waals surface area contributed by atoms with Crippen LogP contribution in [0.1, 0.15) is 33.1 Å². The molecule has 3 unspecified atom stereocenters. The molecule has 2 aliphatic rings. The Labute approximate surface area is 78.0 Å². The van der Waals surface area contributed by atoms with Crippen LogP contribution in [-0.2, 0) is 0 Å². The predicted octanol–water partition coefficient (Wildman–Crippen LogP) is 2.49. The molecule has 2 nitrogen and oxygen atoms in total. The minimum Gasteiger partial charge on any atom is -0.288 e. The van der Waals surface area contributed by atoms with Crippen molar-refractivity contribution in [3.8, 4) is 0 Å². The summed E-state index contributed by atoms with van der Waals surface area (Å²) < 4.78 is 13.3. The van der Waals surface area contributed by atoms with Gasteiger partial charge in [0.1, 0.15) is 6.17 Å². The number of alkyl halides is 1. The van der Waals surface area contributed by atoms with Crippen LogP contribution < -0.4 is 0 Å². The van der Waals surface area contributed by atoms with Gasteiger partial charge >= 0.3 is 0 Å². The SMILES string of the molecule is CC1C=C2CC(F)CC(C)(C1)N2O. The van der Waals surface area contributed by atoms with E-state index in [1.54, 1.807) is 0 Å². The van der Waals surface area contributed by atoms with Gasteiger partial charge in [0.2, 0.25) is 0 Å². The molecule has 2 aliphatic heterocycles. The lowest BCUT2D eigenvalue weighted by atomic mass is 9.77. The van der Waals surface area contributed by atoms with Crippen LogP contribution in [0.2, 0.25) is 0 Å². The number of rotatable bonds is 0. The van der Waals surface area contributed by atoms with Crippen molar-refractivity contribution in [2.45, 2.75) is 44.8 Å². The Balaban J connectivity index is 2.34. The number of allylic oxidation sites excluding steroid dienone is 2.